The van der Waals surface area contributed by atoms with Gasteiger partial charge in [0.2, 0.25) is 5.91 Å². The monoisotopic (exact) mass is 322 g/mol. The van der Waals surface area contributed by atoms with Crippen LogP contribution < -0.4 is 0 Å². The summed E-state index contributed by atoms with van der Waals surface area (Å²) in [5, 5.41) is 0.318. The second-order valence-corrected chi connectivity index (χ2v) is 5.32. The molecule has 0 bridgehead atoms. The van der Waals surface area contributed by atoms with E-state index in [1.807, 2.05) is 0 Å². The summed E-state index contributed by atoms with van der Waals surface area (Å²) in [7, 11) is 1.52. The Kier molecular flexibility index (Phi) is 6.35. The van der Waals surface area contributed by atoms with E-state index in [2.05, 4.69) is 11.6 Å². The van der Waals surface area contributed by atoms with Gasteiger partial charge < -0.3 is 9.64 Å². The van der Waals surface area contributed by atoms with E-state index in [0.29, 0.717) is 24.5 Å². The fourth-order valence-electron chi connectivity index (χ4n) is 1.77. The molecule has 4 nitrogen and oxygen atoms in total. The molecule has 0 aromatic carbocycles. The van der Waals surface area contributed by atoms with Crippen molar-refractivity contribution in [3.05, 3.63) is 28.7 Å². The highest BCUT2D eigenvalue weighted by Crippen LogP contribution is 2.31. The van der Waals surface area contributed by atoms with Crippen molar-refractivity contribution in [3.8, 4) is 0 Å². The van der Waals surface area contributed by atoms with Crippen molar-refractivity contribution in [2.24, 2.45) is 0 Å². The van der Waals surface area contributed by atoms with Crippen LogP contribution in [0.2, 0.25) is 0 Å². The number of ether oxygens (including phenoxy) is 1. The van der Waals surface area contributed by atoms with Crippen molar-refractivity contribution < 1.29 is 22.7 Å². The maximum Gasteiger partial charge on any atom is 0.443 e. The van der Waals surface area contributed by atoms with Gasteiger partial charge in [0.05, 0.1) is 24.8 Å². The Bertz CT molecular complexity index is 488. The molecule has 0 saturated carbocycles. The normalized spacial score (nSPS) is 13.0. The summed E-state index contributed by atoms with van der Waals surface area (Å²) in [6.45, 7) is 6.01. The topological polar surface area (TPSA) is 42.4 Å². The molecule has 1 heterocycles. The number of carbonyl (C=O) groups is 1. The van der Waals surface area contributed by atoms with Crippen molar-refractivity contribution >= 4 is 17.2 Å². The van der Waals surface area contributed by atoms with Crippen molar-refractivity contribution in [1.29, 1.82) is 0 Å². The zero-order chi connectivity index (χ0) is 16.0. The van der Waals surface area contributed by atoms with Gasteiger partial charge in [0.25, 0.3) is 0 Å². The zero-order valence-electron chi connectivity index (χ0n) is 11.8. The smallest absolute Gasteiger partial charge is 0.383 e. The third-order valence-corrected chi connectivity index (χ3v) is 3.65. The van der Waals surface area contributed by atoms with E-state index in [-0.39, 0.29) is 24.1 Å². The van der Waals surface area contributed by atoms with Crippen LogP contribution in [0.25, 0.3) is 0 Å². The number of carbonyl (C=O) groups excluding carboxylic acids is 1. The maximum atomic E-state index is 12.5. The van der Waals surface area contributed by atoms with Gasteiger partial charge in [-0.15, -0.1) is 17.9 Å². The molecule has 1 rings (SSSR count). The van der Waals surface area contributed by atoms with E-state index in [0.717, 1.165) is 0 Å². The highest BCUT2D eigenvalue weighted by molar-refractivity contribution is 7.09. The summed E-state index contributed by atoms with van der Waals surface area (Å²) >= 11 is 0.490. The van der Waals surface area contributed by atoms with Crippen LogP contribution in [-0.2, 0) is 22.1 Å². The van der Waals surface area contributed by atoms with E-state index in [9.17, 15) is 18.0 Å². The van der Waals surface area contributed by atoms with Gasteiger partial charge in [-0.2, -0.15) is 13.2 Å². The largest absolute Gasteiger partial charge is 0.443 e. The summed E-state index contributed by atoms with van der Waals surface area (Å²) in [5.74, 6) is -0.307. The average Bonchev–Trinajstić information content (AvgIpc) is 2.84. The SMILES string of the molecule is C=CCN(C(=O)Cc1csc(C(F)(F)F)n1)C(C)COC. The van der Waals surface area contributed by atoms with Crippen molar-refractivity contribution in [2.75, 3.05) is 20.3 Å². The lowest BCUT2D eigenvalue weighted by Crippen LogP contribution is -2.42. The van der Waals surface area contributed by atoms with Gasteiger partial charge in [-0.3, -0.25) is 4.79 Å². The molecular formula is C13H17F3N2O2S. The van der Waals surface area contributed by atoms with Crippen LogP contribution in [0.1, 0.15) is 17.6 Å². The van der Waals surface area contributed by atoms with Gasteiger partial charge >= 0.3 is 6.18 Å². The first-order valence-electron chi connectivity index (χ1n) is 6.20. The van der Waals surface area contributed by atoms with E-state index in [1.165, 1.54) is 17.4 Å². The molecule has 1 unspecified atom stereocenters. The number of hydrogen-bond acceptors (Lipinski definition) is 4. The van der Waals surface area contributed by atoms with Gasteiger partial charge in [0.15, 0.2) is 5.01 Å². The van der Waals surface area contributed by atoms with Crippen molar-refractivity contribution in [1.82, 2.24) is 9.88 Å². The Labute approximate surface area is 125 Å². The summed E-state index contributed by atoms with van der Waals surface area (Å²) in [6.07, 6.45) is -3.09. The van der Waals surface area contributed by atoms with Crippen LogP contribution in [0.3, 0.4) is 0 Å². The van der Waals surface area contributed by atoms with Gasteiger partial charge in [0, 0.05) is 19.0 Å². The predicted molar refractivity (Wildman–Crippen MR) is 74.1 cm³/mol. The third kappa shape index (κ3) is 5.13. The third-order valence-electron chi connectivity index (χ3n) is 2.71. The minimum Gasteiger partial charge on any atom is -0.383 e. The molecule has 1 amide bonds. The molecular weight excluding hydrogens is 305 g/mol. The summed E-state index contributed by atoms with van der Waals surface area (Å²) < 4.78 is 42.4. The van der Waals surface area contributed by atoms with Crippen LogP contribution in [0.15, 0.2) is 18.0 Å². The van der Waals surface area contributed by atoms with E-state index in [4.69, 9.17) is 4.74 Å². The lowest BCUT2D eigenvalue weighted by molar-refractivity contribution is -0.138. The molecule has 0 N–H and O–H groups in total. The maximum absolute atomic E-state index is 12.5. The molecule has 21 heavy (non-hydrogen) atoms. The van der Waals surface area contributed by atoms with Gasteiger partial charge in [-0.05, 0) is 6.92 Å². The minimum absolute atomic E-state index is 0.121. The molecule has 0 spiro atoms. The van der Waals surface area contributed by atoms with Crippen LogP contribution in [0.5, 0.6) is 0 Å². The highest BCUT2D eigenvalue weighted by Gasteiger charge is 2.34. The first-order chi connectivity index (χ1) is 9.79. The Morgan fingerprint density at radius 1 is 1.62 bits per heavy atom. The molecule has 1 aromatic rings. The number of amides is 1. The number of aromatic nitrogens is 1. The first kappa shape index (κ1) is 17.6. The average molecular weight is 322 g/mol. The Morgan fingerprint density at radius 3 is 2.76 bits per heavy atom. The van der Waals surface area contributed by atoms with Crippen LogP contribution >= 0.6 is 11.3 Å². The number of rotatable bonds is 7. The van der Waals surface area contributed by atoms with Crippen LogP contribution in [-0.4, -0.2) is 42.1 Å². The van der Waals surface area contributed by atoms with Crippen molar-refractivity contribution in [3.63, 3.8) is 0 Å². The molecule has 1 atom stereocenters. The molecule has 0 aliphatic rings. The number of alkyl halides is 3. The molecule has 0 fully saturated rings. The number of nitrogens with zero attached hydrogens (tertiary/aromatic N) is 2. The highest BCUT2D eigenvalue weighted by atomic mass is 32.1. The second-order valence-electron chi connectivity index (χ2n) is 4.46. The molecule has 0 aliphatic carbocycles. The summed E-state index contributed by atoms with van der Waals surface area (Å²) in [4.78, 5) is 17.1. The molecule has 0 radical (unpaired) electrons. The summed E-state index contributed by atoms with van der Waals surface area (Å²) in [6, 6.07) is -0.193. The first-order valence-corrected chi connectivity index (χ1v) is 7.08. The predicted octanol–water partition coefficient (Wildman–Crippen LogP) is 2.75. The standard InChI is InChI=1S/C13H17F3N2O2S/c1-4-5-18(9(2)7-20-3)11(19)6-10-8-21-12(17-10)13(14,15)16/h4,8-9H,1,5-7H2,2-3H3. The van der Waals surface area contributed by atoms with Crippen LogP contribution in [0, 0.1) is 0 Å². The Balaban J connectivity index is 2.77. The number of thiazole rings is 1. The number of hydrogen-bond donors (Lipinski definition) is 0. The fraction of sp³-hybridized carbons (Fsp3) is 0.538. The molecule has 8 heteroatoms. The quantitative estimate of drug-likeness (QED) is 0.725. The van der Waals surface area contributed by atoms with Crippen LogP contribution in [0.4, 0.5) is 13.2 Å². The molecule has 1 aromatic heterocycles. The second kappa shape index (κ2) is 7.56. The lowest BCUT2D eigenvalue weighted by Gasteiger charge is -2.27. The lowest BCUT2D eigenvalue weighted by atomic mass is 10.2. The summed E-state index contributed by atoms with van der Waals surface area (Å²) in [5.41, 5.74) is 0.121. The van der Waals surface area contributed by atoms with Gasteiger partial charge in [0.1, 0.15) is 0 Å². The van der Waals surface area contributed by atoms with Gasteiger partial charge in [-0.25, -0.2) is 4.98 Å². The Morgan fingerprint density at radius 2 is 2.29 bits per heavy atom. The Hall–Kier alpha value is -1.41. The molecule has 0 aliphatic heterocycles. The molecule has 0 saturated heterocycles. The van der Waals surface area contributed by atoms with Gasteiger partial charge in [-0.1, -0.05) is 6.08 Å². The fourth-order valence-corrected chi connectivity index (χ4v) is 2.46. The zero-order valence-corrected chi connectivity index (χ0v) is 12.6. The number of halogens is 3. The minimum atomic E-state index is -4.48. The van der Waals surface area contributed by atoms with E-state index in [1.54, 1.807) is 13.0 Å². The van der Waals surface area contributed by atoms with E-state index >= 15 is 0 Å². The van der Waals surface area contributed by atoms with E-state index < -0.39 is 11.2 Å². The van der Waals surface area contributed by atoms with Crippen molar-refractivity contribution in [2.45, 2.75) is 25.6 Å². The molecule has 118 valence electrons. The number of methoxy groups -OCH3 is 1.